The second-order valence-corrected chi connectivity index (χ2v) is 7.40. The van der Waals surface area contributed by atoms with Gasteiger partial charge in [-0.2, -0.15) is 0 Å². The van der Waals surface area contributed by atoms with E-state index in [-0.39, 0.29) is 17.4 Å². The molecule has 2 atom stereocenters. The number of ether oxygens (including phenoxy) is 1. The molecule has 1 N–H and O–H groups in total. The molecule has 5 heteroatoms. The van der Waals surface area contributed by atoms with E-state index in [0.29, 0.717) is 13.1 Å². The van der Waals surface area contributed by atoms with Gasteiger partial charge in [-0.05, 0) is 56.5 Å². The predicted molar refractivity (Wildman–Crippen MR) is 91.1 cm³/mol. The van der Waals surface area contributed by atoms with Crippen LogP contribution in [0.3, 0.4) is 0 Å². The summed E-state index contributed by atoms with van der Waals surface area (Å²) in [4.78, 5) is 17.4. The molecule has 0 radical (unpaired) electrons. The van der Waals surface area contributed by atoms with Gasteiger partial charge in [-0.1, -0.05) is 12.1 Å². The van der Waals surface area contributed by atoms with Crippen molar-refractivity contribution in [3.8, 4) is 5.75 Å². The fourth-order valence-electron chi connectivity index (χ4n) is 4.33. The first-order valence-corrected chi connectivity index (χ1v) is 9.00. The summed E-state index contributed by atoms with van der Waals surface area (Å²) in [7, 11) is 1.65. The maximum atomic E-state index is 13.2. The number of hydrogen-bond acceptors (Lipinski definition) is 4. The SMILES string of the molecule is COc1ccc(C2(C(=O)N3C[C@@H](O)[C@H](N4CCCC4)C3)CC2)cc1. The van der Waals surface area contributed by atoms with Crippen molar-refractivity contribution in [3.63, 3.8) is 0 Å². The normalized spacial score (nSPS) is 29.0. The first-order valence-electron chi connectivity index (χ1n) is 9.00. The zero-order valence-electron chi connectivity index (χ0n) is 14.3. The van der Waals surface area contributed by atoms with Gasteiger partial charge in [0.15, 0.2) is 0 Å². The van der Waals surface area contributed by atoms with Crippen LogP contribution < -0.4 is 4.74 Å². The van der Waals surface area contributed by atoms with Gasteiger partial charge >= 0.3 is 0 Å². The summed E-state index contributed by atoms with van der Waals surface area (Å²) in [5.41, 5.74) is 0.707. The maximum absolute atomic E-state index is 13.2. The van der Waals surface area contributed by atoms with Crippen molar-refractivity contribution in [2.75, 3.05) is 33.3 Å². The van der Waals surface area contributed by atoms with Crippen LogP contribution in [0.5, 0.6) is 5.75 Å². The van der Waals surface area contributed by atoms with Crippen LogP contribution in [0.25, 0.3) is 0 Å². The van der Waals surface area contributed by atoms with E-state index in [0.717, 1.165) is 37.2 Å². The number of β-amino-alcohol motifs (C(OH)–C–C–N with tert-alkyl or cyclic N) is 1. The Hall–Kier alpha value is -1.59. The van der Waals surface area contributed by atoms with Gasteiger partial charge in [0, 0.05) is 13.1 Å². The van der Waals surface area contributed by atoms with Crippen molar-refractivity contribution in [1.29, 1.82) is 0 Å². The summed E-state index contributed by atoms with van der Waals surface area (Å²) < 4.78 is 5.21. The van der Waals surface area contributed by atoms with Crippen molar-refractivity contribution in [2.24, 2.45) is 0 Å². The molecule has 2 saturated heterocycles. The Morgan fingerprint density at radius 3 is 2.42 bits per heavy atom. The van der Waals surface area contributed by atoms with E-state index in [1.54, 1.807) is 7.11 Å². The number of carbonyl (C=O) groups is 1. The van der Waals surface area contributed by atoms with E-state index in [9.17, 15) is 9.90 Å². The van der Waals surface area contributed by atoms with Gasteiger partial charge in [-0.25, -0.2) is 0 Å². The predicted octanol–water partition coefficient (Wildman–Crippen LogP) is 1.39. The smallest absolute Gasteiger partial charge is 0.233 e. The molecule has 3 fully saturated rings. The van der Waals surface area contributed by atoms with Gasteiger partial charge in [0.2, 0.25) is 5.91 Å². The molecule has 2 heterocycles. The minimum absolute atomic E-state index is 0.114. The number of carbonyl (C=O) groups excluding carboxylic acids is 1. The van der Waals surface area contributed by atoms with Crippen molar-refractivity contribution in [2.45, 2.75) is 43.2 Å². The quantitative estimate of drug-likeness (QED) is 0.907. The number of benzene rings is 1. The minimum Gasteiger partial charge on any atom is -0.497 e. The summed E-state index contributed by atoms with van der Waals surface area (Å²) in [6, 6.07) is 7.98. The van der Waals surface area contributed by atoms with E-state index in [4.69, 9.17) is 4.74 Å². The molecular weight excluding hydrogens is 304 g/mol. The van der Waals surface area contributed by atoms with Crippen LogP contribution >= 0.6 is 0 Å². The van der Waals surface area contributed by atoms with Crippen LogP contribution in [-0.4, -0.2) is 66.2 Å². The molecule has 2 aliphatic heterocycles. The Bertz CT molecular complexity index is 606. The van der Waals surface area contributed by atoms with Crippen molar-refractivity contribution >= 4 is 5.91 Å². The number of aliphatic hydroxyl groups is 1. The highest BCUT2D eigenvalue weighted by atomic mass is 16.5. The third-order valence-electron chi connectivity index (χ3n) is 5.96. The lowest BCUT2D eigenvalue weighted by Crippen LogP contribution is -2.42. The van der Waals surface area contributed by atoms with Crippen LogP contribution in [-0.2, 0) is 10.2 Å². The second kappa shape index (κ2) is 6.05. The number of methoxy groups -OCH3 is 1. The maximum Gasteiger partial charge on any atom is 0.233 e. The molecule has 24 heavy (non-hydrogen) atoms. The molecule has 1 saturated carbocycles. The fourth-order valence-corrected chi connectivity index (χ4v) is 4.33. The molecule has 0 unspecified atom stereocenters. The van der Waals surface area contributed by atoms with Crippen LogP contribution in [0.4, 0.5) is 0 Å². The summed E-state index contributed by atoms with van der Waals surface area (Å²) in [5, 5.41) is 10.4. The molecule has 4 rings (SSSR count). The van der Waals surface area contributed by atoms with Gasteiger partial charge in [-0.15, -0.1) is 0 Å². The van der Waals surface area contributed by atoms with Gasteiger partial charge in [0.25, 0.3) is 0 Å². The summed E-state index contributed by atoms with van der Waals surface area (Å²) in [6.45, 7) is 3.23. The van der Waals surface area contributed by atoms with E-state index < -0.39 is 6.10 Å². The van der Waals surface area contributed by atoms with Crippen molar-refractivity contribution < 1.29 is 14.6 Å². The first kappa shape index (κ1) is 15.9. The third-order valence-corrected chi connectivity index (χ3v) is 5.96. The van der Waals surface area contributed by atoms with E-state index in [2.05, 4.69) is 4.90 Å². The molecule has 5 nitrogen and oxygen atoms in total. The van der Waals surface area contributed by atoms with E-state index in [1.165, 1.54) is 12.8 Å². The van der Waals surface area contributed by atoms with Crippen LogP contribution in [0.15, 0.2) is 24.3 Å². The van der Waals surface area contributed by atoms with Gasteiger partial charge < -0.3 is 14.7 Å². The zero-order chi connectivity index (χ0) is 16.7. The lowest BCUT2D eigenvalue weighted by molar-refractivity contribution is -0.133. The number of hydrogen-bond donors (Lipinski definition) is 1. The molecule has 1 aromatic rings. The Kier molecular flexibility index (Phi) is 4.01. The largest absolute Gasteiger partial charge is 0.497 e. The monoisotopic (exact) mass is 330 g/mol. The standard InChI is InChI=1S/C19H26N2O3/c1-24-15-6-4-14(5-7-15)19(8-9-19)18(23)21-12-16(17(22)13-21)20-10-2-3-11-20/h4-7,16-17,22H,2-3,8-13H2,1H3/t16-,17-/m1/s1. The lowest BCUT2D eigenvalue weighted by Gasteiger charge is -2.26. The summed E-state index contributed by atoms with van der Waals surface area (Å²) >= 11 is 0. The molecule has 3 aliphatic rings. The molecule has 1 aliphatic carbocycles. The Morgan fingerprint density at radius 1 is 1.17 bits per heavy atom. The summed E-state index contributed by atoms with van der Waals surface area (Å²) in [6.07, 6.45) is 3.79. The van der Waals surface area contributed by atoms with E-state index in [1.807, 2.05) is 29.2 Å². The van der Waals surface area contributed by atoms with Crippen LogP contribution in [0.2, 0.25) is 0 Å². The number of rotatable bonds is 4. The van der Waals surface area contributed by atoms with Crippen molar-refractivity contribution in [1.82, 2.24) is 9.80 Å². The van der Waals surface area contributed by atoms with Crippen LogP contribution in [0.1, 0.15) is 31.2 Å². The summed E-state index contributed by atoms with van der Waals surface area (Å²) in [5.74, 6) is 1.00. The lowest BCUT2D eigenvalue weighted by atomic mass is 9.94. The number of nitrogens with zero attached hydrogens (tertiary/aromatic N) is 2. The highest BCUT2D eigenvalue weighted by Gasteiger charge is 2.54. The van der Waals surface area contributed by atoms with Gasteiger partial charge in [-0.3, -0.25) is 9.69 Å². The molecule has 0 aromatic heterocycles. The molecular formula is C19H26N2O3. The average Bonchev–Trinajstić information content (AvgIpc) is 3.05. The van der Waals surface area contributed by atoms with Crippen LogP contribution in [0, 0.1) is 0 Å². The highest BCUT2D eigenvalue weighted by molar-refractivity contribution is 5.91. The minimum atomic E-state index is -0.418. The molecule has 1 amide bonds. The Balaban J connectivity index is 1.49. The average molecular weight is 330 g/mol. The molecule has 0 bridgehead atoms. The zero-order valence-corrected chi connectivity index (χ0v) is 14.3. The molecule has 0 spiro atoms. The number of amides is 1. The number of aliphatic hydroxyl groups excluding tert-OH is 1. The second-order valence-electron chi connectivity index (χ2n) is 7.40. The van der Waals surface area contributed by atoms with Gasteiger partial charge in [0.1, 0.15) is 5.75 Å². The molecule has 1 aromatic carbocycles. The highest BCUT2D eigenvalue weighted by Crippen LogP contribution is 2.50. The Morgan fingerprint density at radius 2 is 1.83 bits per heavy atom. The van der Waals surface area contributed by atoms with Gasteiger partial charge in [0.05, 0.1) is 24.7 Å². The van der Waals surface area contributed by atoms with Crippen molar-refractivity contribution in [3.05, 3.63) is 29.8 Å². The molecule has 130 valence electrons. The number of likely N-dealkylation sites (tertiary alicyclic amines) is 2. The van der Waals surface area contributed by atoms with E-state index >= 15 is 0 Å². The first-order chi connectivity index (χ1) is 11.6. The fraction of sp³-hybridized carbons (Fsp3) is 0.632. The topological polar surface area (TPSA) is 53.0 Å². The third kappa shape index (κ3) is 2.60. The Labute approximate surface area is 143 Å².